The zero-order valence-electron chi connectivity index (χ0n) is 10.7. The summed E-state index contributed by atoms with van der Waals surface area (Å²) in [7, 11) is 0. The summed E-state index contributed by atoms with van der Waals surface area (Å²) in [5.41, 5.74) is 8.33. The van der Waals surface area contributed by atoms with Crippen molar-refractivity contribution in [2.45, 2.75) is 12.8 Å². The Hall–Kier alpha value is -1.02. The first-order valence-electron chi connectivity index (χ1n) is 6.36. The lowest BCUT2D eigenvalue weighted by molar-refractivity contribution is 0.533. The van der Waals surface area contributed by atoms with Crippen molar-refractivity contribution >= 4 is 23.2 Å². The van der Waals surface area contributed by atoms with E-state index in [2.05, 4.69) is 12.1 Å². The normalized spacial score (nSPS) is 10.9. The van der Waals surface area contributed by atoms with Crippen LogP contribution in [0.4, 0.5) is 0 Å². The van der Waals surface area contributed by atoms with Crippen molar-refractivity contribution in [3.05, 3.63) is 69.7 Å². The molecule has 2 N–H and O–H groups in total. The number of nitrogens with two attached hydrogens (primary N) is 1. The number of hydrogen-bond donors (Lipinski definition) is 1. The van der Waals surface area contributed by atoms with Crippen LogP contribution in [0.1, 0.15) is 11.1 Å². The summed E-state index contributed by atoms with van der Waals surface area (Å²) in [6.45, 7) is 0.652. The molecule has 0 amide bonds. The maximum atomic E-state index is 6.00. The molecule has 0 aliphatic rings. The monoisotopic (exact) mass is 293 g/mol. The Morgan fingerprint density at radius 1 is 0.842 bits per heavy atom. The summed E-state index contributed by atoms with van der Waals surface area (Å²) < 4.78 is 0. The van der Waals surface area contributed by atoms with Gasteiger partial charge in [-0.2, -0.15) is 0 Å². The van der Waals surface area contributed by atoms with E-state index in [0.29, 0.717) is 12.5 Å². The van der Waals surface area contributed by atoms with E-state index in [1.807, 2.05) is 36.4 Å². The van der Waals surface area contributed by atoms with Crippen LogP contribution in [0, 0.1) is 5.92 Å². The van der Waals surface area contributed by atoms with E-state index in [-0.39, 0.29) is 0 Å². The summed E-state index contributed by atoms with van der Waals surface area (Å²) in [5, 5.41) is 1.55. The van der Waals surface area contributed by atoms with E-state index >= 15 is 0 Å². The Morgan fingerprint density at radius 2 is 1.32 bits per heavy atom. The third-order valence-electron chi connectivity index (χ3n) is 3.16. The van der Waals surface area contributed by atoms with Crippen LogP contribution in [0.25, 0.3) is 0 Å². The van der Waals surface area contributed by atoms with Crippen molar-refractivity contribution in [1.29, 1.82) is 0 Å². The molecule has 2 aromatic carbocycles. The summed E-state index contributed by atoms with van der Waals surface area (Å²) in [6, 6.07) is 15.9. The first-order chi connectivity index (χ1) is 9.17. The lowest BCUT2D eigenvalue weighted by Crippen LogP contribution is -2.19. The molecule has 0 aliphatic heterocycles. The molecule has 0 heterocycles. The van der Waals surface area contributed by atoms with Gasteiger partial charge in [0.15, 0.2) is 0 Å². The highest BCUT2D eigenvalue weighted by molar-refractivity contribution is 6.30. The minimum atomic E-state index is 0.400. The minimum absolute atomic E-state index is 0.400. The van der Waals surface area contributed by atoms with Gasteiger partial charge in [-0.1, -0.05) is 47.5 Å². The predicted octanol–water partition coefficient (Wildman–Crippen LogP) is 4.35. The highest BCUT2D eigenvalue weighted by Gasteiger charge is 2.09. The Morgan fingerprint density at radius 3 is 1.68 bits per heavy atom. The molecule has 2 aromatic rings. The van der Waals surface area contributed by atoms with Gasteiger partial charge in [0, 0.05) is 10.0 Å². The number of rotatable bonds is 5. The second-order valence-corrected chi connectivity index (χ2v) is 5.64. The smallest absolute Gasteiger partial charge is 0.0408 e. The van der Waals surface area contributed by atoms with Gasteiger partial charge in [0.25, 0.3) is 0 Å². The predicted molar refractivity (Wildman–Crippen MR) is 82.9 cm³/mol. The van der Waals surface area contributed by atoms with Crippen LogP contribution in [0.5, 0.6) is 0 Å². The quantitative estimate of drug-likeness (QED) is 0.871. The Bertz CT molecular complexity index is 492. The van der Waals surface area contributed by atoms with Crippen LogP contribution in [0.3, 0.4) is 0 Å². The lowest BCUT2D eigenvalue weighted by Gasteiger charge is -2.15. The molecule has 100 valence electrons. The van der Waals surface area contributed by atoms with Gasteiger partial charge in [-0.25, -0.2) is 0 Å². The van der Waals surface area contributed by atoms with Crippen molar-refractivity contribution in [2.24, 2.45) is 11.7 Å². The number of benzene rings is 2. The van der Waals surface area contributed by atoms with Gasteiger partial charge in [0.2, 0.25) is 0 Å². The second kappa shape index (κ2) is 6.95. The zero-order chi connectivity index (χ0) is 13.7. The molecule has 3 heteroatoms. The molecule has 1 nitrogen and oxygen atoms in total. The molecule has 0 aromatic heterocycles. The van der Waals surface area contributed by atoms with Crippen molar-refractivity contribution in [1.82, 2.24) is 0 Å². The lowest BCUT2D eigenvalue weighted by atomic mass is 9.93. The Balaban J connectivity index is 2.04. The summed E-state index contributed by atoms with van der Waals surface area (Å²) in [5.74, 6) is 0.400. The molecule has 0 unspecified atom stereocenters. The molecular formula is C16H17Cl2N. The third-order valence-corrected chi connectivity index (χ3v) is 3.63. The maximum absolute atomic E-state index is 6.00. The standard InChI is InChI=1S/C16H17Cl2N/c17-15-5-1-3-12(9-15)7-14(11-19)8-13-4-2-6-16(18)10-13/h1-6,9-10,14H,7-8,11,19H2. The van der Waals surface area contributed by atoms with Gasteiger partial charge in [-0.05, 0) is 60.7 Å². The van der Waals surface area contributed by atoms with Crippen LogP contribution >= 0.6 is 23.2 Å². The first-order valence-corrected chi connectivity index (χ1v) is 7.12. The van der Waals surface area contributed by atoms with E-state index in [9.17, 15) is 0 Å². The highest BCUT2D eigenvalue weighted by Crippen LogP contribution is 2.19. The summed E-state index contributed by atoms with van der Waals surface area (Å²) >= 11 is 12.0. The van der Waals surface area contributed by atoms with Gasteiger partial charge >= 0.3 is 0 Å². The zero-order valence-corrected chi connectivity index (χ0v) is 12.2. The van der Waals surface area contributed by atoms with Crippen molar-refractivity contribution in [3.63, 3.8) is 0 Å². The van der Waals surface area contributed by atoms with E-state index in [1.165, 1.54) is 11.1 Å². The average Bonchev–Trinajstić information content (AvgIpc) is 2.38. The van der Waals surface area contributed by atoms with Crippen LogP contribution in [0.15, 0.2) is 48.5 Å². The molecule has 0 saturated carbocycles. The fourth-order valence-electron chi connectivity index (χ4n) is 2.23. The van der Waals surface area contributed by atoms with E-state index in [4.69, 9.17) is 28.9 Å². The van der Waals surface area contributed by atoms with Crippen LogP contribution < -0.4 is 5.73 Å². The second-order valence-electron chi connectivity index (χ2n) is 4.77. The van der Waals surface area contributed by atoms with Gasteiger partial charge in [-0.15, -0.1) is 0 Å². The van der Waals surface area contributed by atoms with Crippen LogP contribution in [-0.2, 0) is 12.8 Å². The topological polar surface area (TPSA) is 26.0 Å². The highest BCUT2D eigenvalue weighted by atomic mass is 35.5. The fourth-order valence-corrected chi connectivity index (χ4v) is 2.66. The number of halogens is 2. The largest absolute Gasteiger partial charge is 0.330 e. The van der Waals surface area contributed by atoms with Crippen molar-refractivity contribution < 1.29 is 0 Å². The molecule has 0 spiro atoms. The van der Waals surface area contributed by atoms with Gasteiger partial charge in [0.1, 0.15) is 0 Å². The fraction of sp³-hybridized carbons (Fsp3) is 0.250. The minimum Gasteiger partial charge on any atom is -0.330 e. The van der Waals surface area contributed by atoms with Crippen LogP contribution in [-0.4, -0.2) is 6.54 Å². The third kappa shape index (κ3) is 4.54. The first kappa shape index (κ1) is 14.4. The molecule has 0 fully saturated rings. The Labute approximate surface area is 124 Å². The molecule has 0 saturated heterocycles. The molecule has 0 atom stereocenters. The van der Waals surface area contributed by atoms with Gasteiger partial charge < -0.3 is 5.73 Å². The number of hydrogen-bond acceptors (Lipinski definition) is 1. The molecule has 2 rings (SSSR count). The van der Waals surface area contributed by atoms with E-state index in [1.54, 1.807) is 0 Å². The molecule has 0 bridgehead atoms. The van der Waals surface area contributed by atoms with Gasteiger partial charge in [0.05, 0.1) is 0 Å². The average molecular weight is 294 g/mol. The molecule has 0 aliphatic carbocycles. The molecular weight excluding hydrogens is 277 g/mol. The summed E-state index contributed by atoms with van der Waals surface area (Å²) in [6.07, 6.45) is 1.87. The maximum Gasteiger partial charge on any atom is 0.0408 e. The SMILES string of the molecule is NCC(Cc1cccc(Cl)c1)Cc1cccc(Cl)c1. The van der Waals surface area contributed by atoms with E-state index in [0.717, 1.165) is 22.9 Å². The molecule has 0 radical (unpaired) electrons. The van der Waals surface area contributed by atoms with E-state index < -0.39 is 0 Å². The molecule has 19 heavy (non-hydrogen) atoms. The van der Waals surface area contributed by atoms with Crippen molar-refractivity contribution in [2.75, 3.05) is 6.54 Å². The van der Waals surface area contributed by atoms with Crippen LogP contribution in [0.2, 0.25) is 10.0 Å². The summed E-state index contributed by atoms with van der Waals surface area (Å²) in [4.78, 5) is 0. The van der Waals surface area contributed by atoms with Crippen molar-refractivity contribution in [3.8, 4) is 0 Å². The Kier molecular flexibility index (Phi) is 5.26. The van der Waals surface area contributed by atoms with Gasteiger partial charge in [-0.3, -0.25) is 0 Å².